The second kappa shape index (κ2) is 8.68. The Morgan fingerprint density at radius 3 is 2.69 bits per heavy atom. The monoisotopic (exact) mass is 447 g/mol. The molecule has 0 unspecified atom stereocenters. The van der Waals surface area contributed by atoms with Crippen molar-refractivity contribution in [1.82, 2.24) is 30.4 Å². The molecule has 0 bridgehead atoms. The predicted molar refractivity (Wildman–Crippen MR) is 128 cm³/mol. The van der Waals surface area contributed by atoms with E-state index in [1.807, 2.05) is 35.4 Å². The topological polar surface area (TPSA) is 90.0 Å². The highest BCUT2D eigenvalue weighted by atomic mass is 32.1. The molecule has 3 aromatic heterocycles. The first-order chi connectivity index (χ1) is 15.6. The molecule has 0 spiro atoms. The summed E-state index contributed by atoms with van der Waals surface area (Å²) in [6, 6.07) is 12.2. The number of nitrogens with one attached hydrogen (secondary N) is 2. The van der Waals surface area contributed by atoms with Crippen LogP contribution in [0.4, 0.5) is 5.82 Å². The van der Waals surface area contributed by atoms with Crippen LogP contribution in [-0.4, -0.2) is 70.7 Å². The van der Waals surface area contributed by atoms with Gasteiger partial charge in [-0.1, -0.05) is 18.2 Å². The third-order valence-corrected chi connectivity index (χ3v) is 6.75. The molecule has 1 saturated heterocycles. The fourth-order valence-electron chi connectivity index (χ4n) is 4.05. The Balaban J connectivity index is 1.32. The maximum absolute atomic E-state index is 12.1. The van der Waals surface area contributed by atoms with Crippen molar-refractivity contribution in [2.24, 2.45) is 0 Å². The number of aryl methyl sites for hydroxylation is 1. The van der Waals surface area contributed by atoms with Gasteiger partial charge in [-0.15, -0.1) is 11.3 Å². The van der Waals surface area contributed by atoms with E-state index in [1.54, 1.807) is 18.4 Å². The molecule has 1 fully saturated rings. The van der Waals surface area contributed by atoms with Crippen molar-refractivity contribution in [2.75, 3.05) is 44.7 Å². The number of fused-ring (bicyclic) bond motifs is 1. The number of hydrogen-bond acceptors (Lipinski definition) is 7. The van der Waals surface area contributed by atoms with Gasteiger partial charge in [0.2, 0.25) is 5.91 Å². The van der Waals surface area contributed by atoms with Gasteiger partial charge >= 0.3 is 0 Å². The number of hydrogen-bond donors (Lipinski definition) is 2. The van der Waals surface area contributed by atoms with Crippen molar-refractivity contribution >= 4 is 34.0 Å². The number of aromatic nitrogens is 4. The molecule has 32 heavy (non-hydrogen) atoms. The molecule has 1 aliphatic heterocycles. The highest BCUT2D eigenvalue weighted by Gasteiger charge is 2.22. The Kier molecular flexibility index (Phi) is 5.59. The molecular weight excluding hydrogens is 422 g/mol. The number of amides is 1. The zero-order chi connectivity index (χ0) is 22.1. The Hall–Kier alpha value is -3.30. The third-order valence-electron chi connectivity index (χ3n) is 5.78. The average Bonchev–Trinajstić information content (AvgIpc) is 3.43. The van der Waals surface area contributed by atoms with E-state index in [1.165, 1.54) is 0 Å². The van der Waals surface area contributed by atoms with Gasteiger partial charge in [0.1, 0.15) is 16.5 Å². The molecule has 5 rings (SSSR count). The standard InChI is InChI=1S/C23H25N7OS/c1-15-21(26-23(32-15)22-17-5-3-4-6-18(17)27-28-22)16-7-8-19(25-13-16)29-9-11-30(12-10-29)20(31)14-24-2/h3-8,13,24H,9-12,14H2,1-2H3,(H,27,28). The minimum Gasteiger partial charge on any atom is -0.353 e. The van der Waals surface area contributed by atoms with Crippen LogP contribution in [0.15, 0.2) is 42.6 Å². The molecule has 0 atom stereocenters. The van der Waals surface area contributed by atoms with Gasteiger partial charge in [0.25, 0.3) is 0 Å². The number of H-pyrrole nitrogens is 1. The lowest BCUT2D eigenvalue weighted by atomic mass is 10.2. The zero-order valence-electron chi connectivity index (χ0n) is 18.1. The van der Waals surface area contributed by atoms with Crippen molar-refractivity contribution in [3.05, 3.63) is 47.5 Å². The molecule has 1 aromatic carbocycles. The first-order valence-corrected chi connectivity index (χ1v) is 11.5. The van der Waals surface area contributed by atoms with E-state index in [4.69, 9.17) is 9.97 Å². The smallest absolute Gasteiger partial charge is 0.236 e. The van der Waals surface area contributed by atoms with Crippen LogP contribution in [0, 0.1) is 6.92 Å². The Morgan fingerprint density at radius 2 is 1.94 bits per heavy atom. The van der Waals surface area contributed by atoms with Crippen molar-refractivity contribution in [2.45, 2.75) is 6.92 Å². The normalized spacial score (nSPS) is 14.3. The van der Waals surface area contributed by atoms with Crippen LogP contribution < -0.4 is 10.2 Å². The number of carbonyl (C=O) groups excluding carboxylic acids is 1. The number of thiazole rings is 1. The van der Waals surface area contributed by atoms with Crippen LogP contribution in [0.5, 0.6) is 0 Å². The van der Waals surface area contributed by atoms with Crippen molar-refractivity contribution < 1.29 is 4.79 Å². The van der Waals surface area contributed by atoms with E-state index < -0.39 is 0 Å². The van der Waals surface area contributed by atoms with Gasteiger partial charge in [0, 0.05) is 48.2 Å². The number of benzene rings is 1. The van der Waals surface area contributed by atoms with E-state index in [-0.39, 0.29) is 5.91 Å². The molecule has 8 nitrogen and oxygen atoms in total. The van der Waals surface area contributed by atoms with Crippen LogP contribution in [0.25, 0.3) is 32.9 Å². The van der Waals surface area contributed by atoms with Crippen LogP contribution in [0.1, 0.15) is 4.88 Å². The molecule has 2 N–H and O–H groups in total. The Morgan fingerprint density at radius 1 is 1.12 bits per heavy atom. The highest BCUT2D eigenvalue weighted by Crippen LogP contribution is 2.35. The van der Waals surface area contributed by atoms with E-state index in [0.717, 1.165) is 69.7 Å². The first kappa shape index (κ1) is 20.6. The second-order valence-corrected chi connectivity index (χ2v) is 9.05. The minimum absolute atomic E-state index is 0.148. The van der Waals surface area contributed by atoms with E-state index in [2.05, 4.69) is 39.5 Å². The number of likely N-dealkylation sites (N-methyl/N-ethyl adjacent to an activating group) is 1. The van der Waals surface area contributed by atoms with Gasteiger partial charge in [0.05, 0.1) is 17.8 Å². The summed E-state index contributed by atoms with van der Waals surface area (Å²) in [5.41, 5.74) is 3.83. The summed E-state index contributed by atoms with van der Waals surface area (Å²) in [7, 11) is 1.80. The number of rotatable bonds is 5. The quantitative estimate of drug-likeness (QED) is 0.489. The van der Waals surface area contributed by atoms with Gasteiger partial charge in [-0.3, -0.25) is 9.89 Å². The average molecular weight is 448 g/mol. The lowest BCUT2D eigenvalue weighted by Gasteiger charge is -2.35. The molecule has 0 saturated carbocycles. The van der Waals surface area contributed by atoms with E-state index in [0.29, 0.717) is 6.54 Å². The fourth-order valence-corrected chi connectivity index (χ4v) is 4.99. The SMILES string of the molecule is CNCC(=O)N1CCN(c2ccc(-c3nc(-c4n[nH]c5ccccc45)sc3C)cn2)CC1. The number of nitrogens with zero attached hydrogens (tertiary/aromatic N) is 5. The van der Waals surface area contributed by atoms with Crippen LogP contribution in [0.3, 0.4) is 0 Å². The van der Waals surface area contributed by atoms with Gasteiger partial charge in [-0.05, 0) is 32.2 Å². The number of carbonyl (C=O) groups is 1. The molecule has 164 valence electrons. The summed E-state index contributed by atoms with van der Waals surface area (Å²) in [4.78, 5) is 26.9. The summed E-state index contributed by atoms with van der Waals surface area (Å²) in [5.74, 6) is 1.08. The lowest BCUT2D eigenvalue weighted by Crippen LogP contribution is -2.50. The van der Waals surface area contributed by atoms with E-state index >= 15 is 0 Å². The number of para-hydroxylation sites is 1. The fraction of sp³-hybridized carbons (Fsp3) is 0.304. The summed E-state index contributed by atoms with van der Waals surface area (Å²) >= 11 is 1.65. The first-order valence-electron chi connectivity index (χ1n) is 10.7. The van der Waals surface area contributed by atoms with Gasteiger partial charge in [-0.2, -0.15) is 5.10 Å². The second-order valence-electron chi connectivity index (χ2n) is 7.84. The summed E-state index contributed by atoms with van der Waals surface area (Å²) in [5, 5.41) is 12.5. The molecule has 0 aliphatic carbocycles. The van der Waals surface area contributed by atoms with Gasteiger partial charge < -0.3 is 15.1 Å². The van der Waals surface area contributed by atoms with Gasteiger partial charge in [-0.25, -0.2) is 9.97 Å². The molecule has 9 heteroatoms. The number of anilines is 1. The van der Waals surface area contributed by atoms with Crippen LogP contribution >= 0.6 is 11.3 Å². The largest absolute Gasteiger partial charge is 0.353 e. The third kappa shape index (κ3) is 3.85. The predicted octanol–water partition coefficient (Wildman–Crippen LogP) is 2.92. The van der Waals surface area contributed by atoms with Crippen molar-refractivity contribution in [3.63, 3.8) is 0 Å². The maximum Gasteiger partial charge on any atom is 0.236 e. The summed E-state index contributed by atoms with van der Waals surface area (Å²) < 4.78 is 0. The summed E-state index contributed by atoms with van der Waals surface area (Å²) in [6.07, 6.45) is 1.89. The molecule has 0 radical (unpaired) electrons. The molecular formula is C23H25N7OS. The Bertz CT molecular complexity index is 1240. The number of pyridine rings is 1. The molecule has 1 amide bonds. The summed E-state index contributed by atoms with van der Waals surface area (Å²) in [6.45, 7) is 5.48. The number of piperazine rings is 1. The van der Waals surface area contributed by atoms with Crippen molar-refractivity contribution in [3.8, 4) is 22.0 Å². The highest BCUT2D eigenvalue weighted by molar-refractivity contribution is 7.15. The molecule has 1 aliphatic rings. The molecule has 4 aromatic rings. The van der Waals surface area contributed by atoms with E-state index in [9.17, 15) is 4.79 Å². The molecule has 4 heterocycles. The lowest BCUT2D eigenvalue weighted by molar-refractivity contribution is -0.130. The zero-order valence-corrected chi connectivity index (χ0v) is 18.9. The number of aromatic amines is 1. The minimum atomic E-state index is 0.148. The van der Waals surface area contributed by atoms with Gasteiger partial charge in [0.15, 0.2) is 0 Å². The maximum atomic E-state index is 12.1. The Labute approximate surface area is 190 Å². The van der Waals surface area contributed by atoms with Crippen LogP contribution in [0.2, 0.25) is 0 Å². The van der Waals surface area contributed by atoms with Crippen molar-refractivity contribution in [1.29, 1.82) is 0 Å². The van der Waals surface area contributed by atoms with Crippen LogP contribution in [-0.2, 0) is 4.79 Å².